The molecule has 5 amide bonds. The highest BCUT2D eigenvalue weighted by Gasteiger charge is 2.35. The fraction of sp³-hybridized carbons (Fsp3) is 0.522. The molecule has 2 aliphatic rings. The quantitative estimate of drug-likeness (QED) is 0.537. The first-order valence-corrected chi connectivity index (χ1v) is 12.4. The van der Waals surface area contributed by atoms with Crippen LogP contribution in [0.5, 0.6) is 0 Å². The Balaban J connectivity index is 1.85. The number of likely N-dealkylation sites (N-methyl/N-ethyl adjacent to an activating group) is 1. The van der Waals surface area contributed by atoms with E-state index in [0.29, 0.717) is 36.5 Å². The maximum absolute atomic E-state index is 13.1. The number of nitrogens with one attached hydrogen (secondary N) is 3. The van der Waals surface area contributed by atoms with Gasteiger partial charge in [0.1, 0.15) is 18.1 Å². The molecule has 1 fully saturated rings. The van der Waals surface area contributed by atoms with E-state index in [-0.39, 0.29) is 24.3 Å². The lowest BCUT2D eigenvalue weighted by Crippen LogP contribution is -2.59. The van der Waals surface area contributed by atoms with E-state index in [4.69, 9.17) is 0 Å². The second-order valence-electron chi connectivity index (χ2n) is 8.61. The van der Waals surface area contributed by atoms with Crippen LogP contribution in [0, 0.1) is 0 Å². The van der Waals surface area contributed by atoms with Crippen molar-refractivity contribution in [2.75, 3.05) is 32.9 Å². The lowest BCUT2D eigenvalue weighted by Gasteiger charge is -2.28. The Bertz CT molecular complexity index is 969. The molecule has 0 radical (unpaired) electrons. The Morgan fingerprint density at radius 2 is 1.91 bits per heavy atom. The van der Waals surface area contributed by atoms with Gasteiger partial charge in [-0.2, -0.15) is 11.8 Å². The summed E-state index contributed by atoms with van der Waals surface area (Å²) in [7, 11) is 3.22. The van der Waals surface area contributed by atoms with Crippen LogP contribution < -0.4 is 16.0 Å². The molecule has 1 aromatic carbocycles. The molecule has 1 saturated heterocycles. The van der Waals surface area contributed by atoms with Gasteiger partial charge in [-0.1, -0.05) is 18.2 Å². The van der Waals surface area contributed by atoms with E-state index in [1.54, 1.807) is 26.2 Å². The Hall–Kier alpha value is -3.08. The predicted molar refractivity (Wildman–Crippen MR) is 128 cm³/mol. The Morgan fingerprint density at radius 3 is 2.62 bits per heavy atom. The molecule has 10 nitrogen and oxygen atoms in total. The van der Waals surface area contributed by atoms with Gasteiger partial charge in [-0.25, -0.2) is 0 Å². The Labute approximate surface area is 203 Å². The summed E-state index contributed by atoms with van der Waals surface area (Å²) in [6.07, 6.45) is 1.19. The first-order chi connectivity index (χ1) is 16.2. The number of hydrogen-bond acceptors (Lipinski definition) is 6. The lowest BCUT2D eigenvalue weighted by molar-refractivity contribution is -0.138. The number of thioether (sulfide) groups is 1. The van der Waals surface area contributed by atoms with Gasteiger partial charge in [-0.3, -0.25) is 24.0 Å². The van der Waals surface area contributed by atoms with Crippen molar-refractivity contribution in [2.45, 2.75) is 43.6 Å². The maximum atomic E-state index is 13.1. The molecule has 34 heavy (non-hydrogen) atoms. The van der Waals surface area contributed by atoms with Crippen molar-refractivity contribution in [3.8, 4) is 0 Å². The first-order valence-electron chi connectivity index (χ1n) is 11.2. The summed E-state index contributed by atoms with van der Waals surface area (Å²) < 4.78 is 0. The molecule has 3 N–H and O–H groups in total. The second-order valence-corrected chi connectivity index (χ2v) is 9.64. The molecule has 2 aliphatic heterocycles. The zero-order valence-electron chi connectivity index (χ0n) is 19.6. The van der Waals surface area contributed by atoms with E-state index in [0.717, 1.165) is 5.56 Å². The Kier molecular flexibility index (Phi) is 8.54. The van der Waals surface area contributed by atoms with Gasteiger partial charge in [0.05, 0.1) is 0 Å². The van der Waals surface area contributed by atoms with E-state index in [9.17, 15) is 24.0 Å². The van der Waals surface area contributed by atoms with Gasteiger partial charge in [0.15, 0.2) is 0 Å². The molecule has 184 valence electrons. The molecule has 0 aromatic heterocycles. The van der Waals surface area contributed by atoms with Gasteiger partial charge in [-0.15, -0.1) is 0 Å². The lowest BCUT2D eigenvalue weighted by atomic mass is 10.1. The number of carbonyl (C=O) groups is 5. The zero-order valence-corrected chi connectivity index (χ0v) is 20.4. The summed E-state index contributed by atoms with van der Waals surface area (Å²) in [5, 5.41) is 8.16. The van der Waals surface area contributed by atoms with E-state index in [1.165, 1.54) is 28.5 Å². The molecule has 0 spiro atoms. The van der Waals surface area contributed by atoms with Crippen LogP contribution in [-0.2, 0) is 24.9 Å². The van der Waals surface area contributed by atoms with Gasteiger partial charge < -0.3 is 25.8 Å². The van der Waals surface area contributed by atoms with Crippen molar-refractivity contribution < 1.29 is 24.0 Å². The van der Waals surface area contributed by atoms with Crippen LogP contribution in [0.25, 0.3) is 0 Å². The SMILES string of the molecule is CC(=O)N1CCC[C@H]1C(=O)N[C@@H]1CNC(=O)c2ccccc2CSC[C@H](C(=O)N(C)C)NC1=O. The summed E-state index contributed by atoms with van der Waals surface area (Å²) in [5.41, 5.74) is 1.30. The number of nitrogens with zero attached hydrogens (tertiary/aromatic N) is 2. The molecule has 0 unspecified atom stereocenters. The minimum Gasteiger partial charge on any atom is -0.349 e. The average Bonchev–Trinajstić information content (AvgIpc) is 3.30. The van der Waals surface area contributed by atoms with Gasteiger partial charge in [-0.05, 0) is 24.5 Å². The molecular formula is C23H31N5O5S. The normalized spacial score (nSPS) is 23.5. The monoisotopic (exact) mass is 489 g/mol. The molecule has 0 aliphatic carbocycles. The average molecular weight is 490 g/mol. The highest BCUT2D eigenvalue weighted by Crippen LogP contribution is 2.19. The van der Waals surface area contributed by atoms with Gasteiger partial charge >= 0.3 is 0 Å². The van der Waals surface area contributed by atoms with E-state index >= 15 is 0 Å². The number of rotatable bonds is 3. The third-order valence-corrected chi connectivity index (χ3v) is 7.00. The number of hydrogen-bond donors (Lipinski definition) is 3. The van der Waals surface area contributed by atoms with Crippen molar-refractivity contribution in [2.24, 2.45) is 0 Å². The predicted octanol–water partition coefficient (Wildman–Crippen LogP) is -0.268. The fourth-order valence-electron chi connectivity index (χ4n) is 4.10. The molecule has 1 aromatic rings. The first kappa shape index (κ1) is 25.5. The molecule has 0 saturated carbocycles. The zero-order chi connectivity index (χ0) is 24.8. The van der Waals surface area contributed by atoms with Crippen LogP contribution in [0.4, 0.5) is 0 Å². The second kappa shape index (κ2) is 11.4. The van der Waals surface area contributed by atoms with Gasteiger partial charge in [0, 0.05) is 51.2 Å². The van der Waals surface area contributed by atoms with Crippen molar-refractivity contribution in [3.05, 3.63) is 35.4 Å². The highest BCUT2D eigenvalue weighted by molar-refractivity contribution is 7.98. The summed E-state index contributed by atoms with van der Waals surface area (Å²) in [6.45, 7) is 1.73. The molecule has 0 bridgehead atoms. The van der Waals surface area contributed by atoms with Gasteiger partial charge in [0.25, 0.3) is 5.91 Å². The largest absolute Gasteiger partial charge is 0.349 e. The topological polar surface area (TPSA) is 128 Å². The van der Waals surface area contributed by atoms with Crippen LogP contribution >= 0.6 is 11.8 Å². The van der Waals surface area contributed by atoms with Crippen LogP contribution in [0.15, 0.2) is 24.3 Å². The molecule has 3 rings (SSSR count). The number of likely N-dealkylation sites (tertiary alicyclic amines) is 1. The molecule has 11 heteroatoms. The number of fused-ring (bicyclic) bond motifs is 1. The summed E-state index contributed by atoms with van der Waals surface area (Å²) in [4.78, 5) is 66.4. The minimum atomic E-state index is -1.11. The third-order valence-electron chi connectivity index (χ3n) is 5.92. The van der Waals surface area contributed by atoms with Crippen LogP contribution in [0.1, 0.15) is 35.7 Å². The summed E-state index contributed by atoms with van der Waals surface area (Å²) in [6, 6.07) is 4.58. The minimum absolute atomic E-state index is 0.159. The highest BCUT2D eigenvalue weighted by atomic mass is 32.2. The third kappa shape index (κ3) is 6.07. The van der Waals surface area contributed by atoms with E-state index in [1.807, 2.05) is 12.1 Å². The molecular weight excluding hydrogens is 458 g/mol. The van der Waals surface area contributed by atoms with Crippen molar-refractivity contribution in [3.63, 3.8) is 0 Å². The van der Waals surface area contributed by atoms with Crippen molar-refractivity contribution in [1.82, 2.24) is 25.8 Å². The van der Waals surface area contributed by atoms with Crippen LogP contribution in [0.2, 0.25) is 0 Å². The Morgan fingerprint density at radius 1 is 1.18 bits per heavy atom. The van der Waals surface area contributed by atoms with Gasteiger partial charge in [0.2, 0.25) is 23.6 Å². The number of amides is 5. The molecule has 3 atom stereocenters. The van der Waals surface area contributed by atoms with Crippen LogP contribution in [0.3, 0.4) is 0 Å². The summed E-state index contributed by atoms with van der Waals surface area (Å²) >= 11 is 1.43. The standard InChI is InChI=1S/C23H31N5O5S/c1-14(29)28-10-6-9-19(28)22(32)25-17-11-24-20(30)16-8-5-4-7-15(16)12-34-13-18(26-21(17)31)23(33)27(2)3/h4-5,7-8,17-19H,6,9-13H2,1-3H3,(H,24,30)(H,25,32)(H,26,31)/t17-,18-,19+/m1/s1. The van der Waals surface area contributed by atoms with E-state index < -0.39 is 29.9 Å². The van der Waals surface area contributed by atoms with Crippen molar-refractivity contribution in [1.29, 1.82) is 0 Å². The van der Waals surface area contributed by atoms with Crippen molar-refractivity contribution >= 4 is 41.3 Å². The number of carbonyl (C=O) groups excluding carboxylic acids is 5. The number of benzene rings is 1. The summed E-state index contributed by atoms with van der Waals surface area (Å²) in [5.74, 6) is -1.05. The maximum Gasteiger partial charge on any atom is 0.251 e. The fourth-order valence-corrected chi connectivity index (χ4v) is 5.15. The molecule has 2 heterocycles. The van der Waals surface area contributed by atoms with E-state index in [2.05, 4.69) is 16.0 Å². The smallest absolute Gasteiger partial charge is 0.251 e. The van der Waals surface area contributed by atoms with Crippen LogP contribution in [-0.4, -0.2) is 90.4 Å².